The molecule has 0 bridgehead atoms. The average molecular weight is 264 g/mol. The summed E-state index contributed by atoms with van der Waals surface area (Å²) in [6.45, 7) is 5.35. The molecule has 4 N–H and O–H groups in total. The number of nitrogens with zero attached hydrogens (tertiary/aromatic N) is 2. The van der Waals surface area contributed by atoms with Gasteiger partial charge in [-0.1, -0.05) is 0 Å². The lowest BCUT2D eigenvalue weighted by molar-refractivity contribution is -0.119. The summed E-state index contributed by atoms with van der Waals surface area (Å²) < 4.78 is 15.3. The second-order valence-corrected chi connectivity index (χ2v) is 5.35. The zero-order chi connectivity index (χ0) is 14.4. The minimum Gasteiger partial charge on any atom is -0.370 e. The Labute approximate surface area is 110 Å². The molecule has 1 aromatic carbocycles. The van der Waals surface area contributed by atoms with Gasteiger partial charge in [-0.3, -0.25) is 4.79 Å². The zero-order valence-corrected chi connectivity index (χ0v) is 11.2. The van der Waals surface area contributed by atoms with E-state index in [0.717, 1.165) is 0 Å². The highest BCUT2D eigenvalue weighted by molar-refractivity contribution is 5.81. The van der Waals surface area contributed by atoms with Crippen LogP contribution < -0.4 is 11.5 Å². The molecule has 1 amide bonds. The fourth-order valence-electron chi connectivity index (χ4n) is 2.36. The molecule has 1 heterocycles. The Morgan fingerprint density at radius 2 is 2.11 bits per heavy atom. The summed E-state index contributed by atoms with van der Waals surface area (Å²) in [5, 5.41) is 0. The minimum absolute atomic E-state index is 0.124. The van der Waals surface area contributed by atoms with Gasteiger partial charge in [-0.2, -0.15) is 0 Å². The third kappa shape index (κ3) is 2.25. The molecule has 0 aliphatic rings. The Kier molecular flexibility index (Phi) is 2.96. The number of imidazole rings is 1. The van der Waals surface area contributed by atoms with Crippen LogP contribution in [-0.4, -0.2) is 15.5 Å². The van der Waals surface area contributed by atoms with Crippen molar-refractivity contribution in [3.8, 4) is 0 Å². The van der Waals surface area contributed by atoms with Crippen LogP contribution in [-0.2, 0) is 10.3 Å². The number of amides is 1. The molecule has 6 heteroatoms. The summed E-state index contributed by atoms with van der Waals surface area (Å²) in [6, 6.07) is 3.02. The van der Waals surface area contributed by atoms with Crippen LogP contribution in [0, 0.1) is 12.7 Å². The highest BCUT2D eigenvalue weighted by Crippen LogP contribution is 2.30. The molecule has 0 unspecified atom stereocenters. The normalized spacial score (nSPS) is 12.0. The molecular formula is C13H17FN4O. The fraction of sp³-hybridized carbons (Fsp3) is 0.385. The summed E-state index contributed by atoms with van der Waals surface area (Å²) in [5.41, 5.74) is 12.2. The predicted octanol–water partition coefficient (Wildman–Crippen LogP) is 1.68. The number of aromatic nitrogens is 2. The fourth-order valence-corrected chi connectivity index (χ4v) is 2.36. The van der Waals surface area contributed by atoms with Crippen LogP contribution in [0.1, 0.15) is 25.8 Å². The lowest BCUT2D eigenvalue weighted by Gasteiger charge is -2.27. The monoisotopic (exact) mass is 264 g/mol. The summed E-state index contributed by atoms with van der Waals surface area (Å²) in [4.78, 5) is 15.3. The highest BCUT2D eigenvalue weighted by atomic mass is 19.1. The third-order valence-corrected chi connectivity index (χ3v) is 3.17. The highest BCUT2D eigenvalue weighted by Gasteiger charge is 2.27. The molecule has 0 fully saturated rings. The largest absolute Gasteiger partial charge is 0.370 e. The van der Waals surface area contributed by atoms with E-state index in [2.05, 4.69) is 4.98 Å². The van der Waals surface area contributed by atoms with Crippen LogP contribution in [0.4, 0.5) is 10.3 Å². The van der Waals surface area contributed by atoms with Gasteiger partial charge in [0, 0.05) is 12.5 Å². The maximum Gasteiger partial charge on any atom is 0.219 e. The summed E-state index contributed by atoms with van der Waals surface area (Å²) in [6.07, 6.45) is 0.124. The number of nitrogens with two attached hydrogens (primary N) is 2. The van der Waals surface area contributed by atoms with Crippen molar-refractivity contribution in [3.05, 3.63) is 23.5 Å². The standard InChI is InChI=1S/C13H17FN4O/c1-7-4-10-9(5-8(7)14)17-12(16)18(10)13(2,3)6-11(15)19/h4-5H,6H2,1-3H3,(H2,15,19)(H2,16,17). The average Bonchev–Trinajstić information content (AvgIpc) is 2.53. The predicted molar refractivity (Wildman–Crippen MR) is 72.0 cm³/mol. The Morgan fingerprint density at radius 1 is 1.47 bits per heavy atom. The smallest absolute Gasteiger partial charge is 0.219 e. The number of nitrogen functional groups attached to an aromatic ring is 1. The molecule has 19 heavy (non-hydrogen) atoms. The summed E-state index contributed by atoms with van der Waals surface area (Å²) >= 11 is 0. The van der Waals surface area contributed by atoms with Crippen LogP contribution >= 0.6 is 0 Å². The first-order valence-corrected chi connectivity index (χ1v) is 5.95. The van der Waals surface area contributed by atoms with Crippen molar-refractivity contribution >= 4 is 22.9 Å². The first-order chi connectivity index (χ1) is 8.72. The first-order valence-electron chi connectivity index (χ1n) is 5.95. The Bertz CT molecular complexity index is 660. The topological polar surface area (TPSA) is 86.9 Å². The molecule has 0 aliphatic heterocycles. The van der Waals surface area contributed by atoms with Crippen LogP contribution in [0.3, 0.4) is 0 Å². The molecule has 0 radical (unpaired) electrons. The molecule has 0 saturated heterocycles. The number of carbonyl (C=O) groups excluding carboxylic acids is 1. The molecule has 102 valence electrons. The Hall–Kier alpha value is -2.11. The van der Waals surface area contributed by atoms with E-state index in [0.29, 0.717) is 16.6 Å². The van der Waals surface area contributed by atoms with Gasteiger partial charge in [0.15, 0.2) is 0 Å². The zero-order valence-electron chi connectivity index (χ0n) is 11.2. The number of hydrogen-bond donors (Lipinski definition) is 2. The van der Waals surface area contributed by atoms with Gasteiger partial charge in [0.25, 0.3) is 0 Å². The number of anilines is 1. The number of aryl methyl sites for hydroxylation is 1. The lowest BCUT2D eigenvalue weighted by Crippen LogP contribution is -2.33. The Balaban J connectivity index is 2.69. The number of carbonyl (C=O) groups is 1. The quantitative estimate of drug-likeness (QED) is 0.884. The van der Waals surface area contributed by atoms with E-state index in [1.54, 1.807) is 17.6 Å². The van der Waals surface area contributed by atoms with Gasteiger partial charge in [0.2, 0.25) is 11.9 Å². The van der Waals surface area contributed by atoms with Gasteiger partial charge in [0.05, 0.1) is 16.6 Å². The van der Waals surface area contributed by atoms with Gasteiger partial charge in [-0.05, 0) is 32.4 Å². The van der Waals surface area contributed by atoms with Crippen LogP contribution in [0.2, 0.25) is 0 Å². The number of primary amides is 1. The molecular weight excluding hydrogens is 247 g/mol. The van der Waals surface area contributed by atoms with E-state index in [1.807, 2.05) is 13.8 Å². The first kappa shape index (κ1) is 13.3. The van der Waals surface area contributed by atoms with E-state index in [9.17, 15) is 9.18 Å². The van der Waals surface area contributed by atoms with Crippen molar-refractivity contribution < 1.29 is 9.18 Å². The number of hydrogen-bond acceptors (Lipinski definition) is 3. The lowest BCUT2D eigenvalue weighted by atomic mass is 9.99. The van der Waals surface area contributed by atoms with E-state index in [4.69, 9.17) is 11.5 Å². The molecule has 5 nitrogen and oxygen atoms in total. The van der Waals surface area contributed by atoms with Crippen molar-refractivity contribution in [2.45, 2.75) is 32.7 Å². The van der Waals surface area contributed by atoms with E-state index >= 15 is 0 Å². The SMILES string of the molecule is Cc1cc2c(cc1F)nc(N)n2C(C)(C)CC(N)=O. The van der Waals surface area contributed by atoms with Gasteiger partial charge >= 0.3 is 0 Å². The van der Waals surface area contributed by atoms with Gasteiger partial charge in [0.1, 0.15) is 5.82 Å². The molecule has 2 rings (SSSR count). The molecule has 2 aromatic rings. The van der Waals surface area contributed by atoms with Crippen molar-refractivity contribution in [1.29, 1.82) is 0 Å². The number of rotatable bonds is 3. The number of fused-ring (bicyclic) bond motifs is 1. The van der Waals surface area contributed by atoms with Gasteiger partial charge in [-0.15, -0.1) is 0 Å². The van der Waals surface area contributed by atoms with Crippen molar-refractivity contribution in [2.24, 2.45) is 5.73 Å². The van der Waals surface area contributed by atoms with Gasteiger partial charge in [-0.25, -0.2) is 9.37 Å². The maximum atomic E-state index is 13.5. The second kappa shape index (κ2) is 4.22. The van der Waals surface area contributed by atoms with Crippen LogP contribution in [0.5, 0.6) is 0 Å². The summed E-state index contributed by atoms with van der Waals surface area (Å²) in [7, 11) is 0. The molecule has 0 atom stereocenters. The molecule has 1 aromatic heterocycles. The van der Waals surface area contributed by atoms with Crippen LogP contribution in [0.15, 0.2) is 12.1 Å². The van der Waals surface area contributed by atoms with Gasteiger partial charge < -0.3 is 16.0 Å². The second-order valence-electron chi connectivity index (χ2n) is 5.35. The summed E-state index contributed by atoms with van der Waals surface area (Å²) in [5.74, 6) is -0.513. The number of halogens is 1. The molecule has 0 spiro atoms. The molecule has 0 aliphatic carbocycles. The van der Waals surface area contributed by atoms with Crippen molar-refractivity contribution in [1.82, 2.24) is 9.55 Å². The van der Waals surface area contributed by atoms with E-state index < -0.39 is 11.4 Å². The van der Waals surface area contributed by atoms with Crippen molar-refractivity contribution in [3.63, 3.8) is 0 Å². The van der Waals surface area contributed by atoms with Crippen LogP contribution in [0.25, 0.3) is 11.0 Å². The van der Waals surface area contributed by atoms with Crippen molar-refractivity contribution in [2.75, 3.05) is 5.73 Å². The minimum atomic E-state index is -0.616. The Morgan fingerprint density at radius 3 is 2.68 bits per heavy atom. The number of benzene rings is 1. The third-order valence-electron chi connectivity index (χ3n) is 3.17. The maximum absolute atomic E-state index is 13.5. The van der Waals surface area contributed by atoms with E-state index in [1.165, 1.54) is 6.07 Å². The van der Waals surface area contributed by atoms with E-state index in [-0.39, 0.29) is 18.2 Å². The molecule has 0 saturated carbocycles.